The zero-order valence-corrected chi connectivity index (χ0v) is 15.7. The number of nitrogens with two attached hydrogens (primary N) is 1. The molecule has 1 aliphatic heterocycles. The number of nitrogen functional groups attached to an aromatic ring is 1. The maximum atomic E-state index is 12.3. The van der Waals surface area contributed by atoms with Crippen molar-refractivity contribution in [3.63, 3.8) is 0 Å². The van der Waals surface area contributed by atoms with Crippen molar-refractivity contribution in [1.29, 1.82) is 0 Å². The van der Waals surface area contributed by atoms with E-state index in [0.717, 1.165) is 24.9 Å². The molecule has 0 radical (unpaired) electrons. The van der Waals surface area contributed by atoms with Crippen LogP contribution in [0.3, 0.4) is 0 Å². The second-order valence-electron chi connectivity index (χ2n) is 7.74. The number of hydrogen-bond donors (Lipinski definition) is 1. The molecule has 2 rings (SSSR count). The van der Waals surface area contributed by atoms with Crippen molar-refractivity contribution in [1.82, 2.24) is 4.90 Å². The number of rotatable bonds is 4. The van der Waals surface area contributed by atoms with Crippen molar-refractivity contribution in [2.24, 2.45) is 0 Å². The summed E-state index contributed by atoms with van der Waals surface area (Å²) in [5, 5.41) is 0. The van der Waals surface area contributed by atoms with E-state index in [2.05, 4.69) is 19.1 Å². The number of aryl methyl sites for hydroxylation is 1. The molecule has 0 atom stereocenters. The fourth-order valence-corrected chi connectivity index (χ4v) is 3.14. The first-order valence-corrected chi connectivity index (χ1v) is 9.18. The first kappa shape index (κ1) is 18.6. The van der Waals surface area contributed by atoms with Gasteiger partial charge in [-0.1, -0.05) is 25.8 Å². The minimum absolute atomic E-state index is 0.216. The highest BCUT2D eigenvalue weighted by Crippen LogP contribution is 2.25. The van der Waals surface area contributed by atoms with E-state index < -0.39 is 5.60 Å². The number of benzene rings is 1. The summed E-state index contributed by atoms with van der Waals surface area (Å²) in [6.07, 6.45) is 6.18. The lowest BCUT2D eigenvalue weighted by Crippen LogP contribution is -2.38. The Balaban J connectivity index is 2.06. The normalized spacial score (nSPS) is 14.9. The zero-order valence-electron chi connectivity index (χ0n) is 15.7. The first-order valence-electron chi connectivity index (χ1n) is 9.18. The highest BCUT2D eigenvalue weighted by atomic mass is 16.6. The summed E-state index contributed by atoms with van der Waals surface area (Å²) in [5.74, 6) is 0. The molecule has 4 heteroatoms. The zero-order chi connectivity index (χ0) is 17.7. The third-order valence-corrected chi connectivity index (χ3v) is 4.46. The standard InChI is InChI=1S/C20H32N2O2/c1-5-6-7-8-17-13-15-9-11-22(19(23)24-20(2,3)4)12-10-16(15)14-18(17)21/h13-14H,5-12,21H2,1-4H3. The van der Waals surface area contributed by atoms with Crippen LogP contribution in [0.15, 0.2) is 12.1 Å². The number of ether oxygens (including phenoxy) is 1. The van der Waals surface area contributed by atoms with Crippen LogP contribution in [0.25, 0.3) is 0 Å². The van der Waals surface area contributed by atoms with Gasteiger partial charge in [-0.2, -0.15) is 0 Å². The fourth-order valence-electron chi connectivity index (χ4n) is 3.14. The minimum Gasteiger partial charge on any atom is -0.444 e. The van der Waals surface area contributed by atoms with Gasteiger partial charge in [-0.15, -0.1) is 0 Å². The summed E-state index contributed by atoms with van der Waals surface area (Å²) < 4.78 is 5.51. The SMILES string of the molecule is CCCCCc1cc2c(cc1N)CCN(C(=O)OC(C)(C)C)CC2. The van der Waals surface area contributed by atoms with Crippen molar-refractivity contribution >= 4 is 11.8 Å². The second kappa shape index (κ2) is 7.91. The smallest absolute Gasteiger partial charge is 0.410 e. The third-order valence-electron chi connectivity index (χ3n) is 4.46. The van der Waals surface area contributed by atoms with Crippen LogP contribution >= 0.6 is 0 Å². The molecule has 0 bridgehead atoms. The second-order valence-corrected chi connectivity index (χ2v) is 7.74. The van der Waals surface area contributed by atoms with E-state index in [-0.39, 0.29) is 6.09 Å². The van der Waals surface area contributed by atoms with Gasteiger partial charge in [-0.3, -0.25) is 0 Å². The molecule has 0 aromatic heterocycles. The Morgan fingerprint density at radius 1 is 1.17 bits per heavy atom. The summed E-state index contributed by atoms with van der Waals surface area (Å²) in [6, 6.07) is 4.38. The summed E-state index contributed by atoms with van der Waals surface area (Å²) in [6.45, 7) is 9.32. The van der Waals surface area contributed by atoms with Crippen molar-refractivity contribution < 1.29 is 9.53 Å². The number of carbonyl (C=O) groups is 1. The minimum atomic E-state index is -0.451. The van der Waals surface area contributed by atoms with Gasteiger partial charge in [-0.05, 0) is 69.2 Å². The molecule has 0 saturated carbocycles. The monoisotopic (exact) mass is 332 g/mol. The molecule has 1 aromatic rings. The number of anilines is 1. The van der Waals surface area contributed by atoms with Crippen LogP contribution < -0.4 is 5.73 Å². The Kier molecular flexibility index (Phi) is 6.14. The Morgan fingerprint density at radius 3 is 2.38 bits per heavy atom. The molecule has 0 saturated heterocycles. The highest BCUT2D eigenvalue weighted by molar-refractivity contribution is 5.68. The van der Waals surface area contributed by atoms with Gasteiger partial charge in [-0.25, -0.2) is 4.79 Å². The summed E-state index contributed by atoms with van der Waals surface area (Å²) in [7, 11) is 0. The van der Waals surface area contributed by atoms with Crippen molar-refractivity contribution in [3.8, 4) is 0 Å². The molecule has 0 spiro atoms. The number of unbranched alkanes of at least 4 members (excludes halogenated alkanes) is 2. The van der Waals surface area contributed by atoms with E-state index in [1.807, 2.05) is 25.7 Å². The highest BCUT2D eigenvalue weighted by Gasteiger charge is 2.24. The molecule has 1 aliphatic rings. The molecule has 1 aromatic carbocycles. The van der Waals surface area contributed by atoms with Gasteiger partial charge >= 0.3 is 6.09 Å². The van der Waals surface area contributed by atoms with E-state index in [1.165, 1.54) is 36.0 Å². The Labute approximate surface area is 146 Å². The quantitative estimate of drug-likeness (QED) is 0.659. The first-order chi connectivity index (χ1) is 11.3. The van der Waals surface area contributed by atoms with Crippen LogP contribution in [0.4, 0.5) is 10.5 Å². The van der Waals surface area contributed by atoms with Gasteiger partial charge in [0.05, 0.1) is 0 Å². The number of amides is 1. The van der Waals surface area contributed by atoms with Crippen LogP contribution in [0.5, 0.6) is 0 Å². The van der Waals surface area contributed by atoms with Gasteiger partial charge in [0.1, 0.15) is 5.60 Å². The summed E-state index contributed by atoms with van der Waals surface area (Å²) in [5.41, 5.74) is 10.6. The van der Waals surface area contributed by atoms with Gasteiger partial charge in [0, 0.05) is 18.8 Å². The van der Waals surface area contributed by atoms with Gasteiger partial charge in [0.25, 0.3) is 0 Å². The average molecular weight is 332 g/mol. The molecular weight excluding hydrogens is 300 g/mol. The van der Waals surface area contributed by atoms with Gasteiger partial charge in [0.2, 0.25) is 0 Å². The molecule has 0 aliphatic carbocycles. The van der Waals surface area contributed by atoms with E-state index >= 15 is 0 Å². The molecule has 1 heterocycles. The number of fused-ring (bicyclic) bond motifs is 1. The topological polar surface area (TPSA) is 55.6 Å². The van der Waals surface area contributed by atoms with Gasteiger partial charge in [0.15, 0.2) is 0 Å². The lowest BCUT2D eigenvalue weighted by atomic mass is 9.96. The number of nitrogens with zero attached hydrogens (tertiary/aromatic N) is 1. The predicted octanol–water partition coefficient (Wildman–Crippen LogP) is 4.34. The van der Waals surface area contributed by atoms with Crippen LogP contribution in [0.2, 0.25) is 0 Å². The fraction of sp³-hybridized carbons (Fsp3) is 0.650. The predicted molar refractivity (Wildman–Crippen MR) is 99.3 cm³/mol. The van der Waals surface area contributed by atoms with Crippen LogP contribution in [0, 0.1) is 0 Å². The van der Waals surface area contributed by atoms with Crippen LogP contribution in [-0.4, -0.2) is 29.7 Å². The van der Waals surface area contributed by atoms with E-state index in [4.69, 9.17) is 10.5 Å². The van der Waals surface area contributed by atoms with E-state index in [0.29, 0.717) is 13.1 Å². The number of hydrogen-bond acceptors (Lipinski definition) is 3. The van der Waals surface area contributed by atoms with Crippen molar-refractivity contribution in [2.45, 2.75) is 71.8 Å². The summed E-state index contributed by atoms with van der Waals surface area (Å²) in [4.78, 5) is 14.1. The molecule has 134 valence electrons. The van der Waals surface area contributed by atoms with Crippen molar-refractivity contribution in [2.75, 3.05) is 18.8 Å². The maximum absolute atomic E-state index is 12.3. The lowest BCUT2D eigenvalue weighted by Gasteiger charge is -2.26. The third kappa shape index (κ3) is 5.15. The average Bonchev–Trinajstić information content (AvgIpc) is 2.68. The molecule has 1 amide bonds. The van der Waals surface area contributed by atoms with Crippen molar-refractivity contribution in [3.05, 3.63) is 28.8 Å². The van der Waals surface area contributed by atoms with E-state index in [9.17, 15) is 4.79 Å². The molecule has 0 unspecified atom stereocenters. The Bertz CT molecular complexity index is 576. The Hall–Kier alpha value is -1.71. The molecule has 24 heavy (non-hydrogen) atoms. The largest absolute Gasteiger partial charge is 0.444 e. The molecule has 2 N–H and O–H groups in total. The molecule has 4 nitrogen and oxygen atoms in total. The number of carbonyl (C=O) groups excluding carboxylic acids is 1. The van der Waals surface area contributed by atoms with Gasteiger partial charge < -0.3 is 15.4 Å². The Morgan fingerprint density at radius 2 is 1.79 bits per heavy atom. The van der Waals surface area contributed by atoms with E-state index in [1.54, 1.807) is 0 Å². The lowest BCUT2D eigenvalue weighted by molar-refractivity contribution is 0.0258. The molecular formula is C20H32N2O2. The summed E-state index contributed by atoms with van der Waals surface area (Å²) >= 11 is 0. The van der Waals surface area contributed by atoms with Crippen LogP contribution in [-0.2, 0) is 24.0 Å². The maximum Gasteiger partial charge on any atom is 0.410 e. The van der Waals surface area contributed by atoms with Crippen LogP contribution in [0.1, 0.15) is 63.6 Å². The molecule has 0 fully saturated rings.